The molecule has 37 heavy (non-hydrogen) atoms. The number of ketones is 1. The Hall–Kier alpha value is -3.08. The van der Waals surface area contributed by atoms with Gasteiger partial charge in [-0.25, -0.2) is 0 Å². The van der Waals surface area contributed by atoms with Gasteiger partial charge in [-0.2, -0.15) is 0 Å². The molecule has 0 bridgehead atoms. The Morgan fingerprint density at radius 1 is 0.892 bits per heavy atom. The van der Waals surface area contributed by atoms with Crippen molar-refractivity contribution in [1.29, 1.82) is 0 Å². The summed E-state index contributed by atoms with van der Waals surface area (Å²) in [4.78, 5) is 28.9. The van der Waals surface area contributed by atoms with Crippen LogP contribution in [0.4, 0.5) is 11.4 Å². The van der Waals surface area contributed by atoms with Crippen LogP contribution < -0.4 is 10.2 Å². The van der Waals surface area contributed by atoms with E-state index in [2.05, 4.69) is 38.2 Å². The molecule has 2 aliphatic rings. The maximum Gasteiger partial charge on any atom is 0.224 e. The average molecular weight is 533 g/mol. The Kier molecular flexibility index (Phi) is 6.68. The Morgan fingerprint density at radius 2 is 1.51 bits per heavy atom. The molecular weight excluding hydrogens is 503 g/mol. The third-order valence-corrected chi connectivity index (χ3v) is 7.80. The van der Waals surface area contributed by atoms with Crippen molar-refractivity contribution in [2.45, 2.75) is 57.9 Å². The van der Waals surface area contributed by atoms with Crippen LogP contribution in [-0.2, 0) is 15.0 Å². The molecule has 1 N–H and O–H groups in total. The average Bonchev–Trinajstić information content (AvgIpc) is 2.98. The first-order valence-corrected chi connectivity index (χ1v) is 13.3. The Balaban J connectivity index is 1.69. The van der Waals surface area contributed by atoms with Crippen molar-refractivity contribution in [3.8, 4) is 0 Å². The molecule has 0 spiro atoms. The topological polar surface area (TPSA) is 49.4 Å². The van der Waals surface area contributed by atoms with Crippen LogP contribution in [0.1, 0.15) is 69.2 Å². The van der Waals surface area contributed by atoms with Crippen molar-refractivity contribution in [3.63, 3.8) is 0 Å². The lowest BCUT2D eigenvalue weighted by atomic mass is 9.78. The standard InChI is InChI=1S/C31H30Cl2N2O2/c1-18(36)35-27-14-13-24(33)17-25(27)34-26-15-21(19-7-11-23(32)12-8-19)16-28(37)29(26)30(35)20-5-9-22(10-6-20)31(2,3)4/h5-14,17,21,30,34H,15-16H2,1-4H3/t21-,30+/m0/s1. The minimum atomic E-state index is -0.546. The number of Topliss-reactive ketones (excluding diaryl/α,β-unsaturated/α-hetero) is 1. The summed E-state index contributed by atoms with van der Waals surface area (Å²) >= 11 is 12.5. The zero-order valence-electron chi connectivity index (χ0n) is 21.4. The van der Waals surface area contributed by atoms with Gasteiger partial charge in [0.05, 0.1) is 17.4 Å². The number of carbonyl (C=O) groups is 2. The monoisotopic (exact) mass is 532 g/mol. The summed E-state index contributed by atoms with van der Waals surface area (Å²) in [6.07, 6.45) is 0.999. The quantitative estimate of drug-likeness (QED) is 0.361. The maximum absolute atomic E-state index is 13.9. The van der Waals surface area contributed by atoms with E-state index in [1.54, 1.807) is 17.9 Å². The van der Waals surface area contributed by atoms with Gasteiger partial charge < -0.3 is 5.32 Å². The Labute approximate surface area is 228 Å². The molecule has 4 nitrogen and oxygen atoms in total. The fourth-order valence-corrected chi connectivity index (χ4v) is 5.72. The first kappa shape index (κ1) is 25.6. The smallest absolute Gasteiger partial charge is 0.224 e. The number of hydrogen-bond donors (Lipinski definition) is 1. The predicted molar refractivity (Wildman–Crippen MR) is 152 cm³/mol. The normalized spacial score (nSPS) is 19.6. The number of benzene rings is 3. The van der Waals surface area contributed by atoms with Gasteiger partial charge in [0.1, 0.15) is 0 Å². The van der Waals surface area contributed by atoms with Crippen molar-refractivity contribution in [3.05, 3.63) is 105 Å². The van der Waals surface area contributed by atoms with Crippen LogP contribution in [0.2, 0.25) is 10.0 Å². The molecule has 190 valence electrons. The van der Waals surface area contributed by atoms with Crippen LogP contribution in [-0.4, -0.2) is 11.7 Å². The van der Waals surface area contributed by atoms with Crippen molar-refractivity contribution in [2.75, 3.05) is 10.2 Å². The summed E-state index contributed by atoms with van der Waals surface area (Å²) in [7, 11) is 0. The summed E-state index contributed by atoms with van der Waals surface area (Å²) in [5.41, 5.74) is 6.03. The third-order valence-electron chi connectivity index (χ3n) is 7.32. The molecule has 0 unspecified atom stereocenters. The molecular formula is C31H30Cl2N2O2. The first-order chi connectivity index (χ1) is 17.5. The second kappa shape index (κ2) is 9.66. The van der Waals surface area contributed by atoms with E-state index in [9.17, 15) is 9.59 Å². The van der Waals surface area contributed by atoms with Crippen LogP contribution in [0.25, 0.3) is 0 Å². The number of amides is 1. The lowest BCUT2D eigenvalue weighted by Crippen LogP contribution is -2.37. The molecule has 0 radical (unpaired) electrons. The third kappa shape index (κ3) is 4.93. The van der Waals surface area contributed by atoms with E-state index in [1.807, 2.05) is 48.5 Å². The van der Waals surface area contributed by atoms with E-state index in [4.69, 9.17) is 23.2 Å². The zero-order chi connectivity index (χ0) is 26.5. The number of anilines is 2. The van der Waals surface area contributed by atoms with E-state index < -0.39 is 6.04 Å². The van der Waals surface area contributed by atoms with Crippen molar-refractivity contribution < 1.29 is 9.59 Å². The van der Waals surface area contributed by atoms with Crippen LogP contribution in [0, 0.1) is 0 Å². The number of fused-ring (bicyclic) bond motifs is 1. The van der Waals surface area contributed by atoms with Gasteiger partial charge in [-0.3, -0.25) is 14.5 Å². The molecule has 3 aromatic rings. The van der Waals surface area contributed by atoms with E-state index in [0.29, 0.717) is 39.8 Å². The number of carbonyl (C=O) groups excluding carboxylic acids is 2. The largest absolute Gasteiger partial charge is 0.357 e. The number of nitrogens with one attached hydrogen (secondary N) is 1. The van der Waals surface area contributed by atoms with Gasteiger partial charge >= 0.3 is 0 Å². The van der Waals surface area contributed by atoms with Crippen molar-refractivity contribution in [2.24, 2.45) is 0 Å². The highest BCUT2D eigenvalue weighted by Crippen LogP contribution is 2.48. The fraction of sp³-hybridized carbons (Fsp3) is 0.290. The zero-order valence-corrected chi connectivity index (χ0v) is 23.0. The lowest BCUT2D eigenvalue weighted by Gasteiger charge is -2.35. The van der Waals surface area contributed by atoms with Gasteiger partial charge in [0, 0.05) is 34.7 Å². The molecule has 1 amide bonds. The summed E-state index contributed by atoms with van der Waals surface area (Å²) in [5.74, 6) is -0.105. The maximum atomic E-state index is 13.9. The highest BCUT2D eigenvalue weighted by Gasteiger charge is 2.41. The molecule has 0 fully saturated rings. The molecule has 0 aromatic heterocycles. The van der Waals surface area contributed by atoms with E-state index in [1.165, 1.54) is 5.56 Å². The highest BCUT2D eigenvalue weighted by atomic mass is 35.5. The minimum Gasteiger partial charge on any atom is -0.357 e. The number of allylic oxidation sites excluding steroid dienone is 1. The number of halogens is 2. The Morgan fingerprint density at radius 3 is 2.14 bits per heavy atom. The summed E-state index contributed by atoms with van der Waals surface area (Å²) in [6.45, 7) is 8.05. The molecule has 5 rings (SSSR count). The molecule has 1 aliphatic heterocycles. The van der Waals surface area contributed by atoms with Crippen molar-refractivity contribution in [1.82, 2.24) is 0 Å². The van der Waals surface area contributed by atoms with Gasteiger partial charge in [0.2, 0.25) is 5.91 Å². The van der Waals surface area contributed by atoms with Gasteiger partial charge in [-0.1, -0.05) is 80.4 Å². The highest BCUT2D eigenvalue weighted by molar-refractivity contribution is 6.31. The van der Waals surface area contributed by atoms with Crippen LogP contribution in [0.5, 0.6) is 0 Å². The van der Waals surface area contributed by atoms with Crippen LogP contribution in [0.15, 0.2) is 78.0 Å². The predicted octanol–water partition coefficient (Wildman–Crippen LogP) is 8.21. The van der Waals surface area contributed by atoms with E-state index in [-0.39, 0.29) is 23.0 Å². The molecule has 1 heterocycles. The van der Waals surface area contributed by atoms with Gasteiger partial charge in [0.25, 0.3) is 0 Å². The molecule has 3 aromatic carbocycles. The summed E-state index contributed by atoms with van der Waals surface area (Å²) in [5, 5.41) is 4.74. The second-order valence-electron chi connectivity index (χ2n) is 10.9. The van der Waals surface area contributed by atoms with E-state index in [0.717, 1.165) is 16.8 Å². The van der Waals surface area contributed by atoms with Crippen LogP contribution >= 0.6 is 23.2 Å². The number of rotatable bonds is 2. The SMILES string of the molecule is CC(=O)N1c2ccc(Cl)cc2NC2=C(C(=O)C[C@@H](c3ccc(Cl)cc3)C2)[C@H]1c1ccc(C(C)(C)C)cc1. The summed E-state index contributed by atoms with van der Waals surface area (Å²) in [6, 6.07) is 20.9. The van der Waals surface area contributed by atoms with Crippen molar-refractivity contribution >= 4 is 46.3 Å². The van der Waals surface area contributed by atoms with Gasteiger partial charge in [0.15, 0.2) is 5.78 Å². The summed E-state index contributed by atoms with van der Waals surface area (Å²) < 4.78 is 0. The number of nitrogens with zero attached hydrogens (tertiary/aromatic N) is 1. The number of hydrogen-bond acceptors (Lipinski definition) is 3. The van der Waals surface area contributed by atoms with E-state index >= 15 is 0 Å². The lowest BCUT2D eigenvalue weighted by molar-refractivity contribution is -0.117. The molecule has 1 aliphatic carbocycles. The minimum absolute atomic E-state index is 0.00597. The fourth-order valence-electron chi connectivity index (χ4n) is 5.42. The van der Waals surface area contributed by atoms with Gasteiger partial charge in [-0.05, 0) is 64.8 Å². The molecule has 0 saturated heterocycles. The molecule has 2 atom stereocenters. The van der Waals surface area contributed by atoms with Crippen LogP contribution in [0.3, 0.4) is 0 Å². The molecule has 6 heteroatoms. The Bertz CT molecular complexity index is 1400. The van der Waals surface area contributed by atoms with Gasteiger partial charge in [-0.15, -0.1) is 0 Å². The molecule has 0 saturated carbocycles. The second-order valence-corrected chi connectivity index (χ2v) is 11.8. The first-order valence-electron chi connectivity index (χ1n) is 12.5.